The van der Waals surface area contributed by atoms with Gasteiger partial charge in [-0.2, -0.15) is 9.97 Å². The van der Waals surface area contributed by atoms with Gasteiger partial charge in [-0.15, -0.1) is 0 Å². The molecule has 1 aromatic carbocycles. The average Bonchev–Trinajstić information content (AvgIpc) is 3.33. The molecule has 0 bridgehead atoms. The van der Waals surface area contributed by atoms with Crippen LogP contribution in [0, 0.1) is 5.82 Å². The first-order valence-corrected chi connectivity index (χ1v) is 9.03. The minimum atomic E-state index is -0.282. The number of benzene rings is 1. The molecule has 8 nitrogen and oxygen atoms in total. The van der Waals surface area contributed by atoms with E-state index in [-0.39, 0.29) is 11.8 Å². The Hall–Kier alpha value is -4.01. The zero-order chi connectivity index (χ0) is 20.9. The van der Waals surface area contributed by atoms with E-state index in [0.29, 0.717) is 41.1 Å². The molecule has 0 unspecified atom stereocenters. The highest BCUT2D eigenvalue weighted by Gasteiger charge is 2.17. The van der Waals surface area contributed by atoms with Gasteiger partial charge in [-0.3, -0.25) is 0 Å². The van der Waals surface area contributed by atoms with Crippen LogP contribution < -0.4 is 14.8 Å². The van der Waals surface area contributed by atoms with Crippen molar-refractivity contribution in [3.63, 3.8) is 0 Å². The summed E-state index contributed by atoms with van der Waals surface area (Å²) in [5.74, 6) is 1.01. The monoisotopic (exact) mass is 407 g/mol. The molecule has 3 heterocycles. The molecule has 1 N–H and O–H groups in total. The van der Waals surface area contributed by atoms with Crippen LogP contribution >= 0.6 is 0 Å². The number of hydrogen-bond donors (Lipinski definition) is 1. The number of aromatic nitrogens is 4. The van der Waals surface area contributed by atoms with Crippen molar-refractivity contribution in [3.05, 3.63) is 66.3 Å². The molecule has 3 aromatic heterocycles. The largest absolute Gasteiger partial charge is 0.481 e. The summed E-state index contributed by atoms with van der Waals surface area (Å²) in [6.07, 6.45) is 3.20. The Bertz CT molecular complexity index is 1110. The van der Waals surface area contributed by atoms with E-state index in [9.17, 15) is 4.39 Å². The van der Waals surface area contributed by atoms with E-state index in [4.69, 9.17) is 13.9 Å². The second kappa shape index (κ2) is 8.56. The molecule has 0 atom stereocenters. The predicted octanol–water partition coefficient (Wildman–Crippen LogP) is 3.96. The Kier molecular flexibility index (Phi) is 5.51. The van der Waals surface area contributed by atoms with E-state index < -0.39 is 0 Å². The molecule has 0 radical (unpaired) electrons. The molecule has 0 aliphatic heterocycles. The second-order valence-electron chi connectivity index (χ2n) is 6.20. The van der Waals surface area contributed by atoms with Crippen molar-refractivity contribution in [2.75, 3.05) is 19.5 Å². The van der Waals surface area contributed by atoms with Gasteiger partial charge in [-0.25, -0.2) is 14.4 Å². The molecular weight excluding hydrogens is 389 g/mol. The number of anilines is 1. The van der Waals surface area contributed by atoms with Crippen molar-refractivity contribution in [2.24, 2.45) is 0 Å². The SMILES string of the molecule is COc1cc(-c2cnc(NCc3ccc(F)cc3)nc2-c2ccco2)nc(OC)n1. The van der Waals surface area contributed by atoms with Crippen LogP contribution in [0.5, 0.6) is 11.9 Å². The van der Waals surface area contributed by atoms with Crippen molar-refractivity contribution >= 4 is 5.95 Å². The molecule has 152 valence electrons. The number of ether oxygens (including phenoxy) is 2. The molecule has 30 heavy (non-hydrogen) atoms. The molecule has 9 heteroatoms. The number of hydrogen-bond acceptors (Lipinski definition) is 8. The lowest BCUT2D eigenvalue weighted by molar-refractivity contribution is 0.352. The average molecular weight is 407 g/mol. The number of methoxy groups -OCH3 is 2. The third kappa shape index (κ3) is 4.19. The fraction of sp³-hybridized carbons (Fsp3) is 0.143. The minimum Gasteiger partial charge on any atom is -0.481 e. The Morgan fingerprint density at radius 1 is 1.03 bits per heavy atom. The minimum absolute atomic E-state index is 0.160. The lowest BCUT2D eigenvalue weighted by Crippen LogP contribution is -2.05. The highest BCUT2D eigenvalue weighted by atomic mass is 19.1. The van der Waals surface area contributed by atoms with E-state index in [0.717, 1.165) is 5.56 Å². The normalized spacial score (nSPS) is 10.6. The molecule has 0 spiro atoms. The quantitative estimate of drug-likeness (QED) is 0.492. The number of furan rings is 1. The first-order valence-electron chi connectivity index (χ1n) is 9.03. The summed E-state index contributed by atoms with van der Waals surface area (Å²) >= 11 is 0. The molecule has 0 amide bonds. The van der Waals surface area contributed by atoms with Crippen LogP contribution in [0.4, 0.5) is 10.3 Å². The summed E-state index contributed by atoms with van der Waals surface area (Å²) in [6, 6.07) is 11.6. The van der Waals surface area contributed by atoms with Crippen LogP contribution in [0.3, 0.4) is 0 Å². The third-order valence-electron chi connectivity index (χ3n) is 4.26. The van der Waals surface area contributed by atoms with Crippen molar-refractivity contribution in [1.29, 1.82) is 0 Å². The molecule has 0 aliphatic carbocycles. The predicted molar refractivity (Wildman–Crippen MR) is 108 cm³/mol. The van der Waals surface area contributed by atoms with Crippen LogP contribution in [0.25, 0.3) is 22.7 Å². The van der Waals surface area contributed by atoms with E-state index in [1.165, 1.54) is 26.4 Å². The summed E-state index contributed by atoms with van der Waals surface area (Å²) in [6.45, 7) is 0.437. The Morgan fingerprint density at radius 3 is 2.57 bits per heavy atom. The molecule has 4 aromatic rings. The Morgan fingerprint density at radius 2 is 1.87 bits per heavy atom. The number of nitrogens with zero attached hydrogens (tertiary/aromatic N) is 4. The van der Waals surface area contributed by atoms with Crippen molar-refractivity contribution in [1.82, 2.24) is 19.9 Å². The maximum absolute atomic E-state index is 13.1. The fourth-order valence-corrected chi connectivity index (χ4v) is 2.78. The van der Waals surface area contributed by atoms with Crippen LogP contribution in [0.15, 0.2) is 59.3 Å². The lowest BCUT2D eigenvalue weighted by Gasteiger charge is -2.11. The molecular formula is C21H18FN5O3. The number of nitrogens with one attached hydrogen (secondary N) is 1. The lowest BCUT2D eigenvalue weighted by atomic mass is 10.1. The van der Waals surface area contributed by atoms with Crippen LogP contribution in [0.2, 0.25) is 0 Å². The highest BCUT2D eigenvalue weighted by molar-refractivity contribution is 5.77. The third-order valence-corrected chi connectivity index (χ3v) is 4.26. The summed E-state index contributed by atoms with van der Waals surface area (Å²) < 4.78 is 29.0. The highest BCUT2D eigenvalue weighted by Crippen LogP contribution is 2.32. The first-order chi connectivity index (χ1) is 14.7. The molecule has 0 aliphatic rings. The maximum atomic E-state index is 13.1. The van der Waals surface area contributed by atoms with E-state index in [1.807, 2.05) is 0 Å². The van der Waals surface area contributed by atoms with Gasteiger partial charge in [0.2, 0.25) is 11.8 Å². The van der Waals surface area contributed by atoms with Gasteiger partial charge in [0.25, 0.3) is 0 Å². The summed E-state index contributed by atoms with van der Waals surface area (Å²) in [7, 11) is 2.99. The van der Waals surface area contributed by atoms with E-state index >= 15 is 0 Å². The summed E-state index contributed by atoms with van der Waals surface area (Å²) in [5.41, 5.74) is 2.58. The Labute approximate surface area is 171 Å². The van der Waals surface area contributed by atoms with Crippen molar-refractivity contribution in [2.45, 2.75) is 6.54 Å². The maximum Gasteiger partial charge on any atom is 0.320 e. The smallest absolute Gasteiger partial charge is 0.320 e. The van der Waals surface area contributed by atoms with Crippen molar-refractivity contribution in [3.8, 4) is 34.6 Å². The van der Waals surface area contributed by atoms with Gasteiger partial charge in [0.1, 0.15) is 11.5 Å². The standard InChI is InChI=1S/C21H18FN5O3/c1-28-18-10-16(25-21(26-18)29-2)15-12-24-20(27-19(15)17-4-3-9-30-17)23-11-13-5-7-14(22)8-6-13/h3-10,12H,11H2,1-2H3,(H,23,24,27). The zero-order valence-electron chi connectivity index (χ0n) is 16.3. The van der Waals surface area contributed by atoms with Gasteiger partial charge < -0.3 is 19.2 Å². The van der Waals surface area contributed by atoms with Gasteiger partial charge in [-0.05, 0) is 29.8 Å². The topological polar surface area (TPSA) is 95.2 Å². The Balaban J connectivity index is 1.70. The number of rotatable bonds is 7. The van der Waals surface area contributed by atoms with Crippen LogP contribution in [-0.2, 0) is 6.54 Å². The zero-order valence-corrected chi connectivity index (χ0v) is 16.3. The van der Waals surface area contributed by atoms with Crippen LogP contribution in [-0.4, -0.2) is 34.2 Å². The van der Waals surface area contributed by atoms with Gasteiger partial charge in [-0.1, -0.05) is 12.1 Å². The van der Waals surface area contributed by atoms with Gasteiger partial charge in [0.15, 0.2) is 5.76 Å². The molecule has 4 rings (SSSR count). The molecule has 0 saturated carbocycles. The van der Waals surface area contributed by atoms with E-state index in [1.54, 1.807) is 42.8 Å². The van der Waals surface area contributed by atoms with Crippen molar-refractivity contribution < 1.29 is 18.3 Å². The number of halogens is 1. The summed E-state index contributed by atoms with van der Waals surface area (Å²) in [4.78, 5) is 17.5. The first kappa shape index (κ1) is 19.3. The van der Waals surface area contributed by atoms with Gasteiger partial charge >= 0.3 is 6.01 Å². The summed E-state index contributed by atoms with van der Waals surface area (Å²) in [5, 5.41) is 3.14. The fourth-order valence-electron chi connectivity index (χ4n) is 2.78. The second-order valence-corrected chi connectivity index (χ2v) is 6.20. The van der Waals surface area contributed by atoms with Crippen LogP contribution in [0.1, 0.15) is 5.56 Å². The van der Waals surface area contributed by atoms with E-state index in [2.05, 4.69) is 25.3 Å². The molecule has 0 fully saturated rings. The van der Waals surface area contributed by atoms with Gasteiger partial charge in [0, 0.05) is 24.4 Å². The molecule has 0 saturated heterocycles. The van der Waals surface area contributed by atoms with Gasteiger partial charge in [0.05, 0.1) is 26.2 Å².